The Bertz CT molecular complexity index is 853. The molecule has 3 rings (SSSR count). The molecule has 3 aromatic rings. The van der Waals surface area contributed by atoms with Crippen molar-refractivity contribution in [1.82, 2.24) is 19.6 Å². The maximum atomic E-state index is 11.3. The van der Waals surface area contributed by atoms with E-state index in [-0.39, 0.29) is 5.56 Å². The molecule has 0 aliphatic carbocycles. The van der Waals surface area contributed by atoms with Crippen LogP contribution in [0.3, 0.4) is 0 Å². The quantitative estimate of drug-likeness (QED) is 0.736. The highest BCUT2D eigenvalue weighted by atomic mass is 16.4. The zero-order valence-corrected chi connectivity index (χ0v) is 11.3. The van der Waals surface area contributed by atoms with Crippen molar-refractivity contribution in [3.8, 4) is 0 Å². The van der Waals surface area contributed by atoms with Gasteiger partial charge in [-0.15, -0.1) is 0 Å². The number of carboxylic acid groups (broad SMARTS) is 1. The van der Waals surface area contributed by atoms with E-state index in [2.05, 4.69) is 20.4 Å². The van der Waals surface area contributed by atoms with Gasteiger partial charge in [-0.3, -0.25) is 0 Å². The van der Waals surface area contributed by atoms with Gasteiger partial charge < -0.3 is 10.4 Å². The Labute approximate surface area is 114 Å². The van der Waals surface area contributed by atoms with Crippen molar-refractivity contribution in [2.45, 2.75) is 13.8 Å². The van der Waals surface area contributed by atoms with Crippen LogP contribution in [0.4, 0.5) is 5.69 Å². The molecule has 0 unspecified atom stereocenters. The number of hydrogen-bond donors (Lipinski definition) is 2. The number of carbonyl (C=O) groups is 1. The van der Waals surface area contributed by atoms with Crippen LogP contribution >= 0.6 is 0 Å². The highest BCUT2D eigenvalue weighted by Crippen LogP contribution is 2.28. The first-order valence-corrected chi connectivity index (χ1v) is 6.09. The van der Waals surface area contributed by atoms with Crippen LogP contribution in [-0.4, -0.2) is 37.7 Å². The van der Waals surface area contributed by atoms with E-state index in [0.717, 1.165) is 5.69 Å². The van der Waals surface area contributed by atoms with Crippen LogP contribution in [0.15, 0.2) is 12.3 Å². The van der Waals surface area contributed by atoms with E-state index in [1.807, 2.05) is 19.9 Å². The van der Waals surface area contributed by atoms with Gasteiger partial charge in [0.15, 0.2) is 11.3 Å². The summed E-state index contributed by atoms with van der Waals surface area (Å²) < 4.78 is 1.63. The minimum absolute atomic E-state index is 0.119. The molecule has 2 N–H and O–H groups in total. The molecule has 0 aliphatic heterocycles. The van der Waals surface area contributed by atoms with E-state index in [0.29, 0.717) is 28.1 Å². The number of nitrogens with one attached hydrogen (secondary N) is 1. The van der Waals surface area contributed by atoms with Crippen LogP contribution in [0.1, 0.15) is 21.7 Å². The van der Waals surface area contributed by atoms with E-state index in [1.54, 1.807) is 11.6 Å². The molecule has 20 heavy (non-hydrogen) atoms. The molecule has 0 aromatic carbocycles. The predicted octanol–water partition coefficient (Wildman–Crippen LogP) is 1.63. The molecule has 0 radical (unpaired) electrons. The number of aromatic nitrogens is 4. The molecule has 0 atom stereocenters. The van der Waals surface area contributed by atoms with Crippen molar-refractivity contribution in [1.29, 1.82) is 0 Å². The van der Waals surface area contributed by atoms with Crippen LogP contribution in [0.25, 0.3) is 16.7 Å². The zero-order chi connectivity index (χ0) is 14.4. The van der Waals surface area contributed by atoms with Gasteiger partial charge in [0.2, 0.25) is 0 Å². The highest BCUT2D eigenvalue weighted by molar-refractivity contribution is 6.04. The molecule has 7 heteroatoms. The Morgan fingerprint density at radius 3 is 2.80 bits per heavy atom. The third-order valence-electron chi connectivity index (χ3n) is 3.20. The number of nitrogens with zero attached hydrogens (tertiary/aromatic N) is 4. The molecule has 102 valence electrons. The number of carboxylic acids is 1. The summed E-state index contributed by atoms with van der Waals surface area (Å²) in [4.78, 5) is 20.0. The van der Waals surface area contributed by atoms with Gasteiger partial charge in [-0.1, -0.05) is 0 Å². The third-order valence-corrected chi connectivity index (χ3v) is 3.20. The second-order valence-electron chi connectivity index (χ2n) is 4.55. The van der Waals surface area contributed by atoms with Gasteiger partial charge in [0.1, 0.15) is 5.56 Å². The Morgan fingerprint density at radius 1 is 1.40 bits per heavy atom. The molecule has 0 spiro atoms. The Hall–Kier alpha value is -2.70. The highest BCUT2D eigenvalue weighted by Gasteiger charge is 2.18. The minimum atomic E-state index is -1.03. The van der Waals surface area contributed by atoms with Gasteiger partial charge in [0.05, 0.1) is 22.5 Å². The lowest BCUT2D eigenvalue weighted by atomic mass is 10.1. The van der Waals surface area contributed by atoms with Crippen molar-refractivity contribution >= 4 is 28.3 Å². The van der Waals surface area contributed by atoms with Crippen molar-refractivity contribution in [3.05, 3.63) is 29.2 Å². The average molecular weight is 271 g/mol. The van der Waals surface area contributed by atoms with E-state index in [4.69, 9.17) is 0 Å². The van der Waals surface area contributed by atoms with Crippen LogP contribution < -0.4 is 5.32 Å². The standard InChI is InChI=1S/C13H13N5O2/c1-6-4-9-16-7(2)10-11(14-3)8(13(19)20)5-15-12(10)18(9)17-6/h4-5H,1-3H3,(H,14,15)(H,19,20). The van der Waals surface area contributed by atoms with Crippen molar-refractivity contribution in [2.75, 3.05) is 12.4 Å². The van der Waals surface area contributed by atoms with Crippen molar-refractivity contribution in [3.63, 3.8) is 0 Å². The molecule has 0 amide bonds. The summed E-state index contributed by atoms with van der Waals surface area (Å²) in [5.41, 5.74) is 3.46. The van der Waals surface area contributed by atoms with E-state index in [1.165, 1.54) is 6.20 Å². The molecule has 0 aliphatic rings. The number of fused-ring (bicyclic) bond motifs is 3. The predicted molar refractivity (Wildman–Crippen MR) is 74.3 cm³/mol. The normalized spacial score (nSPS) is 11.2. The smallest absolute Gasteiger partial charge is 0.339 e. The molecule has 0 fully saturated rings. The Kier molecular flexibility index (Phi) is 2.56. The summed E-state index contributed by atoms with van der Waals surface area (Å²) >= 11 is 0. The van der Waals surface area contributed by atoms with Crippen LogP contribution in [0.5, 0.6) is 0 Å². The molecular weight excluding hydrogens is 258 g/mol. The van der Waals surface area contributed by atoms with Gasteiger partial charge in [-0.25, -0.2) is 14.8 Å². The SMILES string of the molecule is CNc1c(C(=O)O)cnc2c1c(C)nc1cc(C)nn12. The third kappa shape index (κ3) is 1.59. The molecule has 3 heterocycles. The second-order valence-corrected chi connectivity index (χ2v) is 4.55. The fourth-order valence-electron chi connectivity index (χ4n) is 2.38. The summed E-state index contributed by atoms with van der Waals surface area (Å²) in [5.74, 6) is -1.03. The number of aryl methyl sites for hydroxylation is 2. The van der Waals surface area contributed by atoms with Gasteiger partial charge in [-0.05, 0) is 13.8 Å². The first-order valence-electron chi connectivity index (χ1n) is 6.09. The summed E-state index contributed by atoms with van der Waals surface area (Å²) in [7, 11) is 1.68. The van der Waals surface area contributed by atoms with Crippen molar-refractivity contribution in [2.24, 2.45) is 0 Å². The summed E-state index contributed by atoms with van der Waals surface area (Å²) in [5, 5.41) is 17.2. The molecule has 7 nitrogen and oxygen atoms in total. The Morgan fingerprint density at radius 2 is 2.15 bits per heavy atom. The van der Waals surface area contributed by atoms with Gasteiger partial charge in [-0.2, -0.15) is 9.61 Å². The lowest BCUT2D eigenvalue weighted by molar-refractivity contribution is 0.0697. The van der Waals surface area contributed by atoms with E-state index in [9.17, 15) is 9.90 Å². The molecular formula is C13H13N5O2. The van der Waals surface area contributed by atoms with E-state index < -0.39 is 5.97 Å². The summed E-state index contributed by atoms with van der Waals surface area (Å²) in [6.07, 6.45) is 1.34. The number of aromatic carboxylic acids is 1. The lowest BCUT2D eigenvalue weighted by Crippen LogP contribution is -2.08. The molecule has 0 saturated heterocycles. The van der Waals surface area contributed by atoms with Crippen LogP contribution in [0, 0.1) is 13.8 Å². The fraction of sp³-hybridized carbons (Fsp3) is 0.231. The van der Waals surface area contributed by atoms with Gasteiger partial charge in [0.25, 0.3) is 0 Å². The lowest BCUT2D eigenvalue weighted by Gasteiger charge is -2.11. The van der Waals surface area contributed by atoms with Crippen LogP contribution in [0.2, 0.25) is 0 Å². The molecule has 0 saturated carbocycles. The monoisotopic (exact) mass is 271 g/mol. The first kappa shape index (κ1) is 12.3. The largest absolute Gasteiger partial charge is 0.478 e. The minimum Gasteiger partial charge on any atom is -0.478 e. The second kappa shape index (κ2) is 4.16. The number of rotatable bonds is 2. The summed E-state index contributed by atoms with van der Waals surface area (Å²) in [6, 6.07) is 1.86. The maximum absolute atomic E-state index is 11.3. The summed E-state index contributed by atoms with van der Waals surface area (Å²) in [6.45, 7) is 3.71. The topological polar surface area (TPSA) is 92.4 Å². The van der Waals surface area contributed by atoms with Crippen LogP contribution in [-0.2, 0) is 0 Å². The number of anilines is 1. The zero-order valence-electron chi connectivity index (χ0n) is 11.3. The fourth-order valence-corrected chi connectivity index (χ4v) is 2.38. The Balaban J connectivity index is 2.54. The number of pyridine rings is 1. The van der Waals surface area contributed by atoms with Gasteiger partial charge in [0, 0.05) is 19.3 Å². The van der Waals surface area contributed by atoms with Crippen molar-refractivity contribution < 1.29 is 9.90 Å². The maximum Gasteiger partial charge on any atom is 0.339 e. The van der Waals surface area contributed by atoms with Gasteiger partial charge >= 0.3 is 5.97 Å². The van der Waals surface area contributed by atoms with E-state index >= 15 is 0 Å². The molecule has 3 aromatic heterocycles. The average Bonchev–Trinajstić information content (AvgIpc) is 2.77. The first-order chi connectivity index (χ1) is 9.52. The number of hydrogen-bond acceptors (Lipinski definition) is 5. The molecule has 0 bridgehead atoms.